The van der Waals surface area contributed by atoms with E-state index in [2.05, 4.69) is 15.0 Å². The van der Waals surface area contributed by atoms with Crippen LogP contribution in [0.2, 0.25) is 0 Å². The van der Waals surface area contributed by atoms with E-state index in [1.54, 1.807) is 23.2 Å². The molecule has 7 nitrogen and oxygen atoms in total. The molecule has 1 saturated heterocycles. The molecule has 2 aromatic heterocycles. The Balaban J connectivity index is 1.87. The average Bonchev–Trinajstić information content (AvgIpc) is 2.93. The highest BCUT2D eigenvalue weighted by Gasteiger charge is 2.52. The quantitative estimate of drug-likeness (QED) is 0.811. The van der Waals surface area contributed by atoms with E-state index in [0.717, 1.165) is 0 Å². The van der Waals surface area contributed by atoms with Gasteiger partial charge in [0.15, 0.2) is 0 Å². The summed E-state index contributed by atoms with van der Waals surface area (Å²) in [5.41, 5.74) is 5.51. The van der Waals surface area contributed by atoms with Crippen LogP contribution >= 0.6 is 0 Å². The molecule has 1 aliphatic heterocycles. The van der Waals surface area contributed by atoms with Gasteiger partial charge in [0.2, 0.25) is 5.95 Å². The summed E-state index contributed by atoms with van der Waals surface area (Å²) in [6, 6.07) is 1.76. The van der Waals surface area contributed by atoms with Gasteiger partial charge in [-0.25, -0.2) is 9.97 Å². The van der Waals surface area contributed by atoms with Gasteiger partial charge in [-0.05, 0) is 33.8 Å². The summed E-state index contributed by atoms with van der Waals surface area (Å²) in [5.74, 6) is 0.871. The van der Waals surface area contributed by atoms with E-state index in [0.29, 0.717) is 11.4 Å². The molecule has 0 bridgehead atoms. The molecule has 8 heteroatoms. The predicted molar refractivity (Wildman–Crippen MR) is 79.3 cm³/mol. The Kier molecular flexibility index (Phi) is 3.03. The van der Waals surface area contributed by atoms with Gasteiger partial charge in [0.05, 0.1) is 23.1 Å². The number of nitrogens with zero attached hydrogens (tertiary/aromatic N) is 4. The molecule has 3 rings (SSSR count). The fourth-order valence-corrected chi connectivity index (χ4v) is 2.06. The van der Waals surface area contributed by atoms with Gasteiger partial charge in [0.1, 0.15) is 5.82 Å². The van der Waals surface area contributed by atoms with Gasteiger partial charge in [-0.1, -0.05) is 0 Å². The molecule has 0 spiro atoms. The Morgan fingerprint density at radius 2 is 1.81 bits per heavy atom. The molecule has 0 atom stereocenters. The lowest BCUT2D eigenvalue weighted by Crippen LogP contribution is -2.41. The molecule has 1 fully saturated rings. The molecule has 0 unspecified atom stereocenters. The Morgan fingerprint density at radius 1 is 1.14 bits per heavy atom. The van der Waals surface area contributed by atoms with Crippen LogP contribution < -0.4 is 11.3 Å². The second-order valence-electron chi connectivity index (χ2n) is 6.07. The molecule has 2 aromatic rings. The summed E-state index contributed by atoms with van der Waals surface area (Å²) >= 11 is 0. The van der Waals surface area contributed by atoms with E-state index in [1.807, 2.05) is 33.9 Å². The highest BCUT2D eigenvalue weighted by Crippen LogP contribution is 2.36. The van der Waals surface area contributed by atoms with Crippen LogP contribution in [-0.2, 0) is 9.31 Å². The van der Waals surface area contributed by atoms with E-state index >= 15 is 0 Å². The molecule has 3 heterocycles. The van der Waals surface area contributed by atoms with Gasteiger partial charge in [0, 0.05) is 12.4 Å². The van der Waals surface area contributed by atoms with Crippen LogP contribution in [-0.4, -0.2) is 37.8 Å². The largest absolute Gasteiger partial charge is 0.516 e. The Bertz CT molecular complexity index is 654. The highest BCUT2D eigenvalue weighted by atomic mass is 16.7. The van der Waals surface area contributed by atoms with Gasteiger partial charge in [-0.15, -0.1) is 0 Å². The Hall–Kier alpha value is -1.93. The van der Waals surface area contributed by atoms with Crippen LogP contribution in [0.25, 0.3) is 5.82 Å². The smallest absolute Gasteiger partial charge is 0.398 e. The van der Waals surface area contributed by atoms with Gasteiger partial charge < -0.3 is 15.0 Å². The number of aromatic nitrogens is 4. The van der Waals surface area contributed by atoms with Crippen LogP contribution in [0.15, 0.2) is 24.8 Å². The molecular formula is C13H18BN5O2. The first-order valence-corrected chi connectivity index (χ1v) is 6.77. The van der Waals surface area contributed by atoms with Crippen molar-refractivity contribution < 1.29 is 9.31 Å². The average molecular weight is 287 g/mol. The van der Waals surface area contributed by atoms with Crippen molar-refractivity contribution in [2.24, 2.45) is 0 Å². The van der Waals surface area contributed by atoms with Crippen LogP contribution in [0, 0.1) is 0 Å². The van der Waals surface area contributed by atoms with Crippen LogP contribution in [0.5, 0.6) is 0 Å². The zero-order chi connectivity index (χ0) is 15.3. The number of imidazole rings is 1. The van der Waals surface area contributed by atoms with Crippen molar-refractivity contribution >= 4 is 18.7 Å². The summed E-state index contributed by atoms with van der Waals surface area (Å²) in [6.45, 7) is 8.04. The second-order valence-corrected chi connectivity index (χ2v) is 6.07. The summed E-state index contributed by atoms with van der Waals surface area (Å²) in [4.78, 5) is 12.4. The molecular weight excluding hydrogens is 269 g/mol. The number of anilines is 1. The molecule has 0 saturated carbocycles. The van der Waals surface area contributed by atoms with Gasteiger partial charge in [0.25, 0.3) is 0 Å². The molecule has 0 amide bonds. The second kappa shape index (κ2) is 4.54. The standard InChI is InChI=1S/C13H18BN5O2/c1-12(2)13(3,4)21-14(20-12)9-7-19(8-17-9)10-5-6-16-11(15)18-10/h5-8H,1-4H3,(H2,15,16,18). The highest BCUT2D eigenvalue weighted by molar-refractivity contribution is 6.61. The molecule has 1 aliphatic rings. The van der Waals surface area contributed by atoms with E-state index in [9.17, 15) is 0 Å². The molecule has 110 valence electrons. The lowest BCUT2D eigenvalue weighted by molar-refractivity contribution is 0.00578. The molecule has 0 aliphatic carbocycles. The van der Waals surface area contributed by atoms with Crippen molar-refractivity contribution in [3.63, 3.8) is 0 Å². The topological polar surface area (TPSA) is 88.1 Å². The first-order chi connectivity index (χ1) is 9.78. The zero-order valence-electron chi connectivity index (χ0n) is 12.6. The minimum Gasteiger partial charge on any atom is -0.398 e. The van der Waals surface area contributed by atoms with Gasteiger partial charge >= 0.3 is 7.12 Å². The normalized spacial score (nSPS) is 19.9. The maximum absolute atomic E-state index is 5.97. The Labute approximate surface area is 123 Å². The van der Waals surface area contributed by atoms with Crippen molar-refractivity contribution in [3.8, 4) is 5.82 Å². The maximum atomic E-state index is 5.97. The van der Waals surface area contributed by atoms with Gasteiger partial charge in [-0.2, -0.15) is 4.98 Å². The lowest BCUT2D eigenvalue weighted by atomic mass is 9.86. The lowest BCUT2D eigenvalue weighted by Gasteiger charge is -2.32. The van der Waals surface area contributed by atoms with Crippen molar-refractivity contribution in [2.75, 3.05) is 5.73 Å². The molecule has 2 N–H and O–H groups in total. The third-order valence-corrected chi connectivity index (χ3v) is 4.02. The van der Waals surface area contributed by atoms with Crippen molar-refractivity contribution in [1.82, 2.24) is 19.5 Å². The number of nitrogens with two attached hydrogens (primary N) is 1. The van der Waals surface area contributed by atoms with E-state index in [4.69, 9.17) is 15.0 Å². The molecule has 0 radical (unpaired) electrons. The minimum absolute atomic E-state index is 0.221. The fraction of sp³-hybridized carbons (Fsp3) is 0.462. The monoisotopic (exact) mass is 287 g/mol. The van der Waals surface area contributed by atoms with Gasteiger partial charge in [-0.3, -0.25) is 4.57 Å². The summed E-state index contributed by atoms with van der Waals surface area (Å²) < 4.78 is 13.7. The maximum Gasteiger partial charge on any atom is 0.516 e. The van der Waals surface area contributed by atoms with E-state index in [1.165, 1.54) is 0 Å². The number of hydrogen-bond acceptors (Lipinski definition) is 6. The van der Waals surface area contributed by atoms with Crippen molar-refractivity contribution in [3.05, 3.63) is 24.8 Å². The van der Waals surface area contributed by atoms with Crippen LogP contribution in [0.1, 0.15) is 27.7 Å². The third kappa shape index (κ3) is 2.40. The van der Waals surface area contributed by atoms with E-state index in [-0.39, 0.29) is 17.2 Å². The fourth-order valence-electron chi connectivity index (χ4n) is 2.06. The number of rotatable bonds is 2. The number of nitrogen functional groups attached to an aromatic ring is 1. The van der Waals surface area contributed by atoms with E-state index < -0.39 is 7.12 Å². The summed E-state index contributed by atoms with van der Waals surface area (Å²) in [5, 5.41) is 0. The first-order valence-electron chi connectivity index (χ1n) is 6.77. The van der Waals surface area contributed by atoms with Crippen molar-refractivity contribution in [1.29, 1.82) is 0 Å². The van der Waals surface area contributed by atoms with Crippen LogP contribution in [0.4, 0.5) is 5.95 Å². The molecule has 0 aromatic carbocycles. The SMILES string of the molecule is CC1(C)OB(c2cn(-c3ccnc(N)n3)cn2)OC1(C)C. The number of hydrogen-bond donors (Lipinski definition) is 1. The zero-order valence-corrected chi connectivity index (χ0v) is 12.6. The third-order valence-electron chi connectivity index (χ3n) is 4.02. The summed E-state index contributed by atoms with van der Waals surface area (Å²) in [7, 11) is -0.490. The summed E-state index contributed by atoms with van der Waals surface area (Å²) in [6.07, 6.45) is 5.08. The predicted octanol–water partition coefficient (Wildman–Crippen LogP) is 0.544. The van der Waals surface area contributed by atoms with Crippen LogP contribution in [0.3, 0.4) is 0 Å². The Morgan fingerprint density at radius 3 is 2.43 bits per heavy atom. The first kappa shape index (κ1) is 14.0. The van der Waals surface area contributed by atoms with Crippen molar-refractivity contribution in [2.45, 2.75) is 38.9 Å². The molecule has 21 heavy (non-hydrogen) atoms. The minimum atomic E-state index is -0.490.